The van der Waals surface area contributed by atoms with Crippen molar-refractivity contribution in [2.45, 2.75) is 20.0 Å². The van der Waals surface area contributed by atoms with E-state index in [4.69, 9.17) is 4.74 Å². The van der Waals surface area contributed by atoms with E-state index < -0.39 is 0 Å². The molecule has 0 aromatic heterocycles. The first-order valence-electron chi connectivity index (χ1n) is 7.00. The number of nitrogens with one attached hydrogen (secondary N) is 1. The summed E-state index contributed by atoms with van der Waals surface area (Å²) in [5.74, 6) is 0.851. The largest absolute Gasteiger partial charge is 0.366 e. The summed E-state index contributed by atoms with van der Waals surface area (Å²) in [6.07, 6.45) is -0.268. The normalized spacial score (nSPS) is 23.9. The highest BCUT2D eigenvalue weighted by Gasteiger charge is 2.29. The summed E-state index contributed by atoms with van der Waals surface area (Å²) in [6, 6.07) is 0. The van der Waals surface area contributed by atoms with Crippen molar-refractivity contribution in [3.8, 4) is 0 Å². The van der Waals surface area contributed by atoms with Gasteiger partial charge >= 0.3 is 0 Å². The van der Waals surface area contributed by atoms with Gasteiger partial charge in [0.05, 0.1) is 6.61 Å². The van der Waals surface area contributed by atoms with Crippen molar-refractivity contribution in [1.29, 1.82) is 0 Å². The lowest BCUT2D eigenvalue weighted by Gasteiger charge is -2.37. The Morgan fingerprint density at radius 1 is 1.25 bits per heavy atom. The Balaban J connectivity index is 0.00000180. The predicted molar refractivity (Wildman–Crippen MR) is 85.0 cm³/mol. The van der Waals surface area contributed by atoms with E-state index in [1.807, 2.05) is 4.90 Å². The topological polar surface area (TPSA) is 44.8 Å². The van der Waals surface area contributed by atoms with Crippen LogP contribution in [0, 0.1) is 5.92 Å². The van der Waals surface area contributed by atoms with Crippen molar-refractivity contribution >= 4 is 30.7 Å². The minimum absolute atomic E-state index is 0. The Morgan fingerprint density at radius 2 is 1.90 bits per heavy atom. The summed E-state index contributed by atoms with van der Waals surface area (Å²) in [5, 5.41) is 3.21. The summed E-state index contributed by atoms with van der Waals surface area (Å²) < 4.78 is 5.52. The molecule has 2 aliphatic heterocycles. The molecular formula is C13H27Cl2N3O2. The molecule has 7 heteroatoms. The fraction of sp³-hybridized carbons (Fsp3) is 0.923. The summed E-state index contributed by atoms with van der Waals surface area (Å²) in [5.41, 5.74) is 0. The van der Waals surface area contributed by atoms with E-state index in [9.17, 15) is 4.79 Å². The maximum atomic E-state index is 12.2. The highest BCUT2D eigenvalue weighted by Crippen LogP contribution is 2.08. The molecule has 0 aliphatic carbocycles. The van der Waals surface area contributed by atoms with Crippen molar-refractivity contribution in [3.63, 3.8) is 0 Å². The van der Waals surface area contributed by atoms with Gasteiger partial charge in [0.25, 0.3) is 5.91 Å². The second-order valence-corrected chi connectivity index (χ2v) is 5.58. The molecule has 5 nitrogen and oxygen atoms in total. The number of halogens is 2. The van der Waals surface area contributed by atoms with Crippen molar-refractivity contribution in [2.24, 2.45) is 5.92 Å². The number of carbonyl (C=O) groups excluding carboxylic acids is 1. The molecule has 1 N–H and O–H groups in total. The predicted octanol–water partition coefficient (Wildman–Crippen LogP) is 0.619. The van der Waals surface area contributed by atoms with Crippen LogP contribution in [-0.4, -0.2) is 74.2 Å². The maximum absolute atomic E-state index is 12.2. The second-order valence-electron chi connectivity index (χ2n) is 5.58. The Labute approximate surface area is 134 Å². The number of carbonyl (C=O) groups is 1. The first-order valence-corrected chi connectivity index (χ1v) is 7.00. The van der Waals surface area contributed by atoms with Crippen molar-refractivity contribution < 1.29 is 9.53 Å². The molecule has 2 heterocycles. The van der Waals surface area contributed by atoms with Gasteiger partial charge in [-0.2, -0.15) is 0 Å². The molecule has 2 fully saturated rings. The lowest BCUT2D eigenvalue weighted by molar-refractivity contribution is -0.147. The average molecular weight is 328 g/mol. The first-order chi connectivity index (χ1) is 8.66. The minimum atomic E-state index is -0.268. The highest BCUT2D eigenvalue weighted by atomic mass is 35.5. The van der Waals surface area contributed by atoms with Gasteiger partial charge in [-0.1, -0.05) is 13.8 Å². The fourth-order valence-electron chi connectivity index (χ4n) is 2.59. The SMILES string of the molecule is CC(C)CN1CCN(C(=O)C2CNCCO2)CC1.Cl.Cl. The average Bonchev–Trinajstić information content (AvgIpc) is 2.39. The molecule has 1 unspecified atom stereocenters. The van der Waals surface area contributed by atoms with Gasteiger partial charge < -0.3 is 15.0 Å². The summed E-state index contributed by atoms with van der Waals surface area (Å²) in [7, 11) is 0. The quantitative estimate of drug-likeness (QED) is 0.825. The third kappa shape index (κ3) is 5.74. The lowest BCUT2D eigenvalue weighted by Crippen LogP contribution is -2.55. The smallest absolute Gasteiger partial charge is 0.253 e. The molecule has 0 saturated carbocycles. The number of ether oxygens (including phenoxy) is 1. The van der Waals surface area contributed by atoms with E-state index in [2.05, 4.69) is 24.1 Å². The molecule has 2 aliphatic rings. The van der Waals surface area contributed by atoms with Crippen molar-refractivity contribution in [2.75, 3.05) is 52.4 Å². The zero-order chi connectivity index (χ0) is 13.0. The van der Waals surface area contributed by atoms with Crippen LogP contribution in [0.3, 0.4) is 0 Å². The standard InChI is InChI=1S/C13H25N3O2.2ClH/c1-11(2)10-15-4-6-16(7-5-15)13(17)12-9-14-3-8-18-12;;/h11-12,14H,3-10H2,1-2H3;2*1H. The minimum Gasteiger partial charge on any atom is -0.366 e. The lowest BCUT2D eigenvalue weighted by atomic mass is 10.2. The molecule has 1 atom stereocenters. The van der Waals surface area contributed by atoms with Gasteiger partial charge in [-0.15, -0.1) is 24.8 Å². The molecule has 2 saturated heterocycles. The van der Waals surface area contributed by atoms with Gasteiger partial charge in [-0.3, -0.25) is 9.69 Å². The number of rotatable bonds is 3. The van der Waals surface area contributed by atoms with Crippen LogP contribution in [0.25, 0.3) is 0 Å². The van der Waals surface area contributed by atoms with Gasteiger partial charge in [0, 0.05) is 45.8 Å². The summed E-state index contributed by atoms with van der Waals surface area (Å²) in [4.78, 5) is 16.6. The molecule has 0 spiro atoms. The van der Waals surface area contributed by atoms with Crippen LogP contribution >= 0.6 is 24.8 Å². The Hall–Kier alpha value is -0.0700. The maximum Gasteiger partial charge on any atom is 0.253 e. The van der Waals surface area contributed by atoms with Crippen LogP contribution in [0.1, 0.15) is 13.8 Å². The number of nitrogens with zero attached hydrogens (tertiary/aromatic N) is 2. The molecule has 20 heavy (non-hydrogen) atoms. The van der Waals surface area contributed by atoms with Crippen molar-refractivity contribution in [3.05, 3.63) is 0 Å². The van der Waals surface area contributed by atoms with E-state index >= 15 is 0 Å². The van der Waals surface area contributed by atoms with Crippen LogP contribution in [0.4, 0.5) is 0 Å². The third-order valence-electron chi connectivity index (χ3n) is 3.51. The number of morpholine rings is 1. The molecule has 0 bridgehead atoms. The zero-order valence-electron chi connectivity index (χ0n) is 12.3. The van der Waals surface area contributed by atoms with E-state index in [1.54, 1.807) is 0 Å². The molecular weight excluding hydrogens is 301 g/mol. The molecule has 0 radical (unpaired) electrons. The Morgan fingerprint density at radius 3 is 2.40 bits per heavy atom. The number of piperazine rings is 1. The van der Waals surface area contributed by atoms with Crippen LogP contribution in [0.2, 0.25) is 0 Å². The second kappa shape index (κ2) is 9.79. The van der Waals surface area contributed by atoms with Gasteiger partial charge in [0.1, 0.15) is 6.10 Å². The zero-order valence-corrected chi connectivity index (χ0v) is 14.0. The van der Waals surface area contributed by atoms with Crippen LogP contribution in [0.15, 0.2) is 0 Å². The van der Waals surface area contributed by atoms with Crippen molar-refractivity contribution in [1.82, 2.24) is 15.1 Å². The summed E-state index contributed by atoms with van der Waals surface area (Å²) in [6.45, 7) is 11.4. The molecule has 2 rings (SSSR count). The fourth-order valence-corrected chi connectivity index (χ4v) is 2.59. The molecule has 0 aromatic carbocycles. The van der Waals surface area contributed by atoms with E-state index in [-0.39, 0.29) is 36.8 Å². The van der Waals surface area contributed by atoms with Crippen LogP contribution in [-0.2, 0) is 9.53 Å². The van der Waals surface area contributed by atoms with E-state index in [0.717, 1.165) is 39.3 Å². The highest BCUT2D eigenvalue weighted by molar-refractivity contribution is 5.85. The Bertz CT molecular complexity index is 279. The number of hydrogen-bond donors (Lipinski definition) is 1. The van der Waals surface area contributed by atoms with Gasteiger partial charge in [-0.25, -0.2) is 0 Å². The summed E-state index contributed by atoms with van der Waals surface area (Å²) >= 11 is 0. The van der Waals surface area contributed by atoms with E-state index in [1.165, 1.54) is 0 Å². The number of hydrogen-bond acceptors (Lipinski definition) is 4. The molecule has 1 amide bonds. The first kappa shape index (κ1) is 19.9. The third-order valence-corrected chi connectivity index (χ3v) is 3.51. The van der Waals surface area contributed by atoms with Gasteiger partial charge in [0.15, 0.2) is 0 Å². The molecule has 0 aromatic rings. The van der Waals surface area contributed by atoms with Gasteiger partial charge in [0.2, 0.25) is 0 Å². The number of amides is 1. The van der Waals surface area contributed by atoms with Crippen LogP contribution < -0.4 is 5.32 Å². The van der Waals surface area contributed by atoms with Crippen LogP contribution in [0.5, 0.6) is 0 Å². The van der Waals surface area contributed by atoms with E-state index in [0.29, 0.717) is 19.1 Å². The van der Waals surface area contributed by atoms with Gasteiger partial charge in [-0.05, 0) is 5.92 Å². The Kier molecular flexibility index (Phi) is 9.76. The molecule has 120 valence electrons. The monoisotopic (exact) mass is 327 g/mol.